The van der Waals surface area contributed by atoms with Gasteiger partial charge < -0.3 is 10.5 Å². The molecule has 0 aromatic heterocycles. The SMILES string of the molecule is CC(C)OCCN(C)Cc1cc(N)cc(Br)c1. The highest BCUT2D eigenvalue weighted by Crippen LogP contribution is 2.18. The predicted octanol–water partition coefficient (Wildman–Crippen LogP) is 2.89. The fourth-order valence-electron chi connectivity index (χ4n) is 1.60. The molecule has 3 nitrogen and oxygen atoms in total. The zero-order chi connectivity index (χ0) is 12.8. The summed E-state index contributed by atoms with van der Waals surface area (Å²) < 4.78 is 6.55. The molecule has 0 heterocycles. The minimum absolute atomic E-state index is 0.296. The minimum atomic E-state index is 0.296. The van der Waals surface area contributed by atoms with Crippen molar-refractivity contribution in [1.82, 2.24) is 4.90 Å². The number of anilines is 1. The maximum absolute atomic E-state index is 5.80. The highest BCUT2D eigenvalue weighted by Gasteiger charge is 2.03. The first kappa shape index (κ1) is 14.5. The van der Waals surface area contributed by atoms with Crippen LogP contribution in [-0.4, -0.2) is 31.2 Å². The summed E-state index contributed by atoms with van der Waals surface area (Å²) in [5, 5.41) is 0. The van der Waals surface area contributed by atoms with Crippen molar-refractivity contribution in [2.45, 2.75) is 26.5 Å². The molecule has 1 aromatic carbocycles. The summed E-state index contributed by atoms with van der Waals surface area (Å²) in [5.74, 6) is 0. The van der Waals surface area contributed by atoms with E-state index in [2.05, 4.69) is 47.8 Å². The van der Waals surface area contributed by atoms with Gasteiger partial charge in [-0.3, -0.25) is 4.90 Å². The lowest BCUT2D eigenvalue weighted by atomic mass is 10.2. The van der Waals surface area contributed by atoms with Crippen LogP contribution in [0, 0.1) is 0 Å². The summed E-state index contributed by atoms with van der Waals surface area (Å²) in [6, 6.07) is 6.01. The summed E-state index contributed by atoms with van der Waals surface area (Å²) in [4.78, 5) is 2.23. The lowest BCUT2D eigenvalue weighted by molar-refractivity contribution is 0.0627. The molecule has 0 aliphatic rings. The Morgan fingerprint density at radius 3 is 2.65 bits per heavy atom. The van der Waals surface area contributed by atoms with Crippen molar-refractivity contribution in [1.29, 1.82) is 0 Å². The quantitative estimate of drug-likeness (QED) is 0.821. The van der Waals surface area contributed by atoms with E-state index in [-0.39, 0.29) is 0 Å². The first-order chi connectivity index (χ1) is 7.97. The normalized spacial score (nSPS) is 11.4. The predicted molar refractivity (Wildman–Crippen MR) is 76.0 cm³/mol. The van der Waals surface area contributed by atoms with E-state index in [1.165, 1.54) is 5.56 Å². The highest BCUT2D eigenvalue weighted by molar-refractivity contribution is 9.10. The number of rotatable bonds is 6. The maximum Gasteiger partial charge on any atom is 0.0596 e. The molecular weight excluding hydrogens is 280 g/mol. The Bertz CT molecular complexity index is 335. The summed E-state index contributed by atoms with van der Waals surface area (Å²) in [7, 11) is 2.08. The fraction of sp³-hybridized carbons (Fsp3) is 0.538. The zero-order valence-corrected chi connectivity index (χ0v) is 12.3. The van der Waals surface area contributed by atoms with Gasteiger partial charge in [-0.25, -0.2) is 0 Å². The number of benzene rings is 1. The third-order valence-electron chi connectivity index (χ3n) is 2.36. The second-order valence-electron chi connectivity index (χ2n) is 4.55. The van der Waals surface area contributed by atoms with E-state index in [9.17, 15) is 0 Å². The average Bonchev–Trinajstić information content (AvgIpc) is 2.14. The molecule has 0 radical (unpaired) electrons. The van der Waals surface area contributed by atoms with E-state index >= 15 is 0 Å². The molecule has 0 saturated carbocycles. The van der Waals surface area contributed by atoms with Gasteiger partial charge in [-0.1, -0.05) is 15.9 Å². The molecule has 0 unspecified atom stereocenters. The van der Waals surface area contributed by atoms with Crippen molar-refractivity contribution in [3.05, 3.63) is 28.2 Å². The monoisotopic (exact) mass is 300 g/mol. The molecule has 2 N–H and O–H groups in total. The lowest BCUT2D eigenvalue weighted by Crippen LogP contribution is -2.24. The molecule has 0 atom stereocenters. The molecule has 4 heteroatoms. The number of halogens is 1. The van der Waals surface area contributed by atoms with Gasteiger partial charge in [0.1, 0.15) is 0 Å². The average molecular weight is 301 g/mol. The second kappa shape index (κ2) is 6.99. The van der Waals surface area contributed by atoms with Gasteiger partial charge in [-0.2, -0.15) is 0 Å². The highest BCUT2D eigenvalue weighted by atomic mass is 79.9. The molecule has 0 fully saturated rings. The van der Waals surface area contributed by atoms with Crippen molar-refractivity contribution in [3.63, 3.8) is 0 Å². The Labute approximate surface area is 112 Å². The third-order valence-corrected chi connectivity index (χ3v) is 2.81. The Morgan fingerprint density at radius 1 is 1.35 bits per heavy atom. The smallest absolute Gasteiger partial charge is 0.0596 e. The van der Waals surface area contributed by atoms with Crippen LogP contribution in [0.15, 0.2) is 22.7 Å². The van der Waals surface area contributed by atoms with Crippen LogP contribution in [0.3, 0.4) is 0 Å². The number of hydrogen-bond donors (Lipinski definition) is 1. The second-order valence-corrected chi connectivity index (χ2v) is 5.47. The molecule has 0 amide bonds. The van der Waals surface area contributed by atoms with Crippen LogP contribution in [0.4, 0.5) is 5.69 Å². The maximum atomic E-state index is 5.80. The van der Waals surface area contributed by atoms with Crippen molar-refractivity contribution in [3.8, 4) is 0 Å². The number of nitrogens with zero attached hydrogens (tertiary/aromatic N) is 1. The van der Waals surface area contributed by atoms with Crippen LogP contribution >= 0.6 is 15.9 Å². The van der Waals surface area contributed by atoms with Crippen molar-refractivity contribution in [2.24, 2.45) is 0 Å². The van der Waals surface area contributed by atoms with Crippen molar-refractivity contribution in [2.75, 3.05) is 25.9 Å². The Balaban J connectivity index is 2.42. The summed E-state index contributed by atoms with van der Waals surface area (Å²) in [5.41, 5.74) is 7.81. The molecule has 0 aliphatic carbocycles. The van der Waals surface area contributed by atoms with Gasteiger partial charge in [0.05, 0.1) is 12.7 Å². The fourth-order valence-corrected chi connectivity index (χ4v) is 2.16. The lowest BCUT2D eigenvalue weighted by Gasteiger charge is -2.18. The van der Waals surface area contributed by atoms with Crippen LogP contribution in [0.25, 0.3) is 0 Å². The van der Waals surface area contributed by atoms with Crippen molar-refractivity contribution < 1.29 is 4.74 Å². The van der Waals surface area contributed by atoms with Gasteiger partial charge in [-0.15, -0.1) is 0 Å². The molecule has 1 aromatic rings. The molecular formula is C13H21BrN2O. The molecule has 0 bridgehead atoms. The van der Waals surface area contributed by atoms with Crippen LogP contribution < -0.4 is 5.73 Å². The molecule has 17 heavy (non-hydrogen) atoms. The van der Waals surface area contributed by atoms with Crippen LogP contribution in [-0.2, 0) is 11.3 Å². The van der Waals surface area contributed by atoms with Gasteiger partial charge in [0, 0.05) is 23.2 Å². The summed E-state index contributed by atoms with van der Waals surface area (Å²) in [6.07, 6.45) is 0.296. The first-order valence-electron chi connectivity index (χ1n) is 5.82. The van der Waals surface area contributed by atoms with Crippen molar-refractivity contribution >= 4 is 21.6 Å². The van der Waals surface area contributed by atoms with E-state index in [1.54, 1.807) is 0 Å². The molecule has 1 rings (SSSR count). The number of likely N-dealkylation sites (N-methyl/N-ethyl adjacent to an activating group) is 1. The number of nitrogen functional groups attached to an aromatic ring is 1. The Hall–Kier alpha value is -0.580. The zero-order valence-electron chi connectivity index (χ0n) is 10.7. The minimum Gasteiger partial charge on any atom is -0.399 e. The topological polar surface area (TPSA) is 38.5 Å². The Kier molecular flexibility index (Phi) is 5.95. The molecule has 0 aliphatic heterocycles. The number of hydrogen-bond acceptors (Lipinski definition) is 3. The summed E-state index contributed by atoms with van der Waals surface area (Å²) in [6.45, 7) is 6.66. The van der Waals surface area contributed by atoms with E-state index < -0.39 is 0 Å². The number of ether oxygens (including phenoxy) is 1. The van der Waals surface area contributed by atoms with Gasteiger partial charge in [0.15, 0.2) is 0 Å². The van der Waals surface area contributed by atoms with Gasteiger partial charge in [0.2, 0.25) is 0 Å². The van der Waals surface area contributed by atoms with E-state index in [1.807, 2.05) is 12.1 Å². The van der Waals surface area contributed by atoms with Crippen LogP contribution in [0.1, 0.15) is 19.4 Å². The van der Waals surface area contributed by atoms with Gasteiger partial charge in [0.25, 0.3) is 0 Å². The van der Waals surface area contributed by atoms with Gasteiger partial charge >= 0.3 is 0 Å². The molecule has 0 spiro atoms. The van der Waals surface area contributed by atoms with E-state index in [0.29, 0.717) is 6.10 Å². The number of nitrogens with two attached hydrogens (primary N) is 1. The largest absolute Gasteiger partial charge is 0.399 e. The third kappa shape index (κ3) is 6.05. The van der Waals surface area contributed by atoms with E-state index in [4.69, 9.17) is 10.5 Å². The molecule has 0 saturated heterocycles. The summed E-state index contributed by atoms with van der Waals surface area (Å²) >= 11 is 3.45. The van der Waals surface area contributed by atoms with Gasteiger partial charge in [-0.05, 0) is 44.7 Å². The van der Waals surface area contributed by atoms with E-state index in [0.717, 1.165) is 29.9 Å². The standard InChI is InChI=1S/C13H21BrN2O/c1-10(2)17-5-4-16(3)9-11-6-12(14)8-13(15)7-11/h6-8,10H,4-5,9,15H2,1-3H3. The van der Waals surface area contributed by atoms with Crippen LogP contribution in [0.2, 0.25) is 0 Å². The Morgan fingerprint density at radius 2 is 2.06 bits per heavy atom. The van der Waals surface area contributed by atoms with Crippen LogP contribution in [0.5, 0.6) is 0 Å². The molecule has 96 valence electrons. The first-order valence-corrected chi connectivity index (χ1v) is 6.62.